The van der Waals surface area contributed by atoms with Gasteiger partial charge >= 0.3 is 0 Å². The number of anilines is 1. The van der Waals surface area contributed by atoms with Gasteiger partial charge in [0.05, 0.1) is 0 Å². The number of nitrogens with zero attached hydrogens (tertiary/aromatic N) is 2. The molecule has 0 aliphatic carbocycles. The summed E-state index contributed by atoms with van der Waals surface area (Å²) in [5.74, 6) is 1.30. The van der Waals surface area contributed by atoms with Gasteiger partial charge in [-0.25, -0.2) is 0 Å². The summed E-state index contributed by atoms with van der Waals surface area (Å²) in [6.07, 6.45) is 0. The van der Waals surface area contributed by atoms with Crippen LogP contribution in [0.1, 0.15) is 33.3 Å². The Kier molecular flexibility index (Phi) is 6.33. The number of hydrogen-bond acceptors (Lipinski definition) is 3. The summed E-state index contributed by atoms with van der Waals surface area (Å²) in [5, 5.41) is 11.8. The van der Waals surface area contributed by atoms with Gasteiger partial charge in [-0.15, -0.1) is 0 Å². The lowest BCUT2D eigenvalue weighted by Gasteiger charge is -2.29. The molecular formula is C15H24BrN3O. The number of hydrogen-bond donors (Lipinski definition) is 2. The van der Waals surface area contributed by atoms with Crippen LogP contribution in [-0.4, -0.2) is 24.1 Å². The molecule has 0 atom stereocenters. The van der Waals surface area contributed by atoms with Gasteiger partial charge in [-0.1, -0.05) is 32.9 Å². The molecular weight excluding hydrogens is 318 g/mol. The third kappa shape index (κ3) is 4.71. The smallest absolute Gasteiger partial charge is 0.171 e. The lowest BCUT2D eigenvalue weighted by molar-refractivity contribution is 0.318. The van der Waals surface area contributed by atoms with Crippen LogP contribution in [-0.2, 0) is 0 Å². The molecule has 0 saturated carbocycles. The summed E-state index contributed by atoms with van der Waals surface area (Å²) < 4.78 is 0.836. The maximum atomic E-state index is 8.76. The van der Waals surface area contributed by atoms with E-state index in [0.717, 1.165) is 23.2 Å². The molecule has 0 fully saturated rings. The second-order valence-electron chi connectivity index (χ2n) is 5.84. The quantitative estimate of drug-likeness (QED) is 0.359. The molecule has 1 rings (SSSR count). The minimum absolute atomic E-state index is 0.114. The van der Waals surface area contributed by atoms with Crippen molar-refractivity contribution >= 4 is 27.5 Å². The van der Waals surface area contributed by atoms with E-state index in [1.54, 1.807) is 0 Å². The minimum Gasteiger partial charge on any atom is -0.409 e. The van der Waals surface area contributed by atoms with Crippen LogP contribution < -0.4 is 10.6 Å². The Bertz CT molecular complexity index is 462. The molecule has 5 heteroatoms. The first-order valence-corrected chi connectivity index (χ1v) is 7.66. The van der Waals surface area contributed by atoms with Crippen molar-refractivity contribution in [2.75, 3.05) is 18.0 Å². The first-order chi connectivity index (χ1) is 9.35. The molecule has 0 bridgehead atoms. The molecule has 0 aliphatic heterocycles. The van der Waals surface area contributed by atoms with E-state index >= 15 is 0 Å². The molecule has 0 unspecified atom stereocenters. The highest BCUT2D eigenvalue weighted by molar-refractivity contribution is 9.10. The third-order valence-corrected chi connectivity index (χ3v) is 3.53. The van der Waals surface area contributed by atoms with E-state index in [2.05, 4.69) is 53.7 Å². The maximum absolute atomic E-state index is 8.76. The SMILES string of the molecule is CC(C)CN(CC(C)C)c1ccc(/C(N)=N/O)c(Br)c1. The van der Waals surface area contributed by atoms with E-state index in [9.17, 15) is 0 Å². The summed E-state index contributed by atoms with van der Waals surface area (Å²) in [6.45, 7) is 10.9. The van der Waals surface area contributed by atoms with E-state index in [0.29, 0.717) is 17.4 Å². The average Bonchev–Trinajstić information content (AvgIpc) is 2.35. The molecule has 20 heavy (non-hydrogen) atoms. The molecule has 112 valence electrons. The molecule has 4 nitrogen and oxygen atoms in total. The van der Waals surface area contributed by atoms with Crippen molar-refractivity contribution in [2.45, 2.75) is 27.7 Å². The van der Waals surface area contributed by atoms with Crippen molar-refractivity contribution in [1.82, 2.24) is 0 Å². The van der Waals surface area contributed by atoms with E-state index in [-0.39, 0.29) is 5.84 Å². The second-order valence-corrected chi connectivity index (χ2v) is 6.70. The number of benzene rings is 1. The van der Waals surface area contributed by atoms with E-state index in [4.69, 9.17) is 10.9 Å². The lowest BCUT2D eigenvalue weighted by atomic mass is 10.1. The average molecular weight is 342 g/mol. The highest BCUT2D eigenvalue weighted by Gasteiger charge is 2.13. The van der Waals surface area contributed by atoms with Gasteiger partial charge in [-0.2, -0.15) is 0 Å². The predicted molar refractivity (Wildman–Crippen MR) is 88.5 cm³/mol. The number of oxime groups is 1. The van der Waals surface area contributed by atoms with Crippen LogP contribution in [0, 0.1) is 11.8 Å². The Morgan fingerprint density at radius 3 is 2.20 bits per heavy atom. The molecule has 3 N–H and O–H groups in total. The van der Waals surface area contributed by atoms with Crippen molar-refractivity contribution < 1.29 is 5.21 Å². The molecule has 0 aromatic heterocycles. The van der Waals surface area contributed by atoms with Crippen LogP contribution >= 0.6 is 15.9 Å². The Balaban J connectivity index is 3.05. The van der Waals surface area contributed by atoms with Crippen molar-refractivity contribution in [3.8, 4) is 0 Å². The fourth-order valence-corrected chi connectivity index (χ4v) is 2.70. The van der Waals surface area contributed by atoms with Crippen LogP contribution in [0.2, 0.25) is 0 Å². The highest BCUT2D eigenvalue weighted by atomic mass is 79.9. The molecule has 0 radical (unpaired) electrons. The van der Waals surface area contributed by atoms with Gasteiger partial charge in [0, 0.05) is 28.8 Å². The number of halogens is 1. The first kappa shape index (κ1) is 16.8. The summed E-state index contributed by atoms with van der Waals surface area (Å²) in [7, 11) is 0. The molecule has 1 aromatic rings. The first-order valence-electron chi connectivity index (χ1n) is 6.87. The van der Waals surface area contributed by atoms with Crippen LogP contribution in [0.25, 0.3) is 0 Å². The Morgan fingerprint density at radius 1 is 1.25 bits per heavy atom. The van der Waals surface area contributed by atoms with E-state index in [1.165, 1.54) is 0 Å². The maximum Gasteiger partial charge on any atom is 0.171 e. The Morgan fingerprint density at radius 2 is 1.80 bits per heavy atom. The molecule has 0 amide bonds. The van der Waals surface area contributed by atoms with E-state index in [1.807, 2.05) is 18.2 Å². The summed E-state index contributed by atoms with van der Waals surface area (Å²) in [5.41, 5.74) is 7.49. The standard InChI is InChI=1S/C15H24BrN3O/c1-10(2)8-19(9-11(3)4)12-5-6-13(14(16)7-12)15(17)18-20/h5-7,10-11,20H,8-9H2,1-4H3,(H2,17,18). The topological polar surface area (TPSA) is 61.8 Å². The largest absolute Gasteiger partial charge is 0.409 e. The summed E-state index contributed by atoms with van der Waals surface area (Å²) in [4.78, 5) is 2.37. The molecule has 0 spiro atoms. The van der Waals surface area contributed by atoms with Gasteiger partial charge in [0.1, 0.15) is 0 Å². The van der Waals surface area contributed by atoms with Crippen molar-refractivity contribution in [3.63, 3.8) is 0 Å². The van der Waals surface area contributed by atoms with Gasteiger partial charge < -0.3 is 15.8 Å². The molecule has 0 saturated heterocycles. The monoisotopic (exact) mass is 341 g/mol. The fraction of sp³-hybridized carbons (Fsp3) is 0.533. The summed E-state index contributed by atoms with van der Waals surface area (Å²) in [6, 6.07) is 5.92. The Labute approximate surface area is 129 Å². The number of amidine groups is 1. The number of nitrogens with two attached hydrogens (primary N) is 1. The minimum atomic E-state index is 0.114. The van der Waals surface area contributed by atoms with Crippen LogP contribution in [0.4, 0.5) is 5.69 Å². The lowest BCUT2D eigenvalue weighted by Crippen LogP contribution is -2.31. The molecule has 0 heterocycles. The summed E-state index contributed by atoms with van der Waals surface area (Å²) >= 11 is 3.49. The van der Waals surface area contributed by atoms with Crippen molar-refractivity contribution in [1.29, 1.82) is 0 Å². The van der Waals surface area contributed by atoms with Gasteiger partial charge in [0.2, 0.25) is 0 Å². The zero-order valence-corrected chi connectivity index (χ0v) is 14.2. The number of rotatable bonds is 6. The van der Waals surface area contributed by atoms with Crippen LogP contribution in [0.3, 0.4) is 0 Å². The fourth-order valence-electron chi connectivity index (χ4n) is 2.13. The molecule has 0 aliphatic rings. The zero-order valence-electron chi connectivity index (χ0n) is 12.6. The van der Waals surface area contributed by atoms with Crippen molar-refractivity contribution in [2.24, 2.45) is 22.7 Å². The van der Waals surface area contributed by atoms with Gasteiger partial charge in [-0.05, 0) is 46.0 Å². The predicted octanol–water partition coefficient (Wildman–Crippen LogP) is 3.66. The third-order valence-electron chi connectivity index (χ3n) is 2.87. The normalized spacial score (nSPS) is 12.2. The van der Waals surface area contributed by atoms with Crippen LogP contribution in [0.15, 0.2) is 27.8 Å². The molecule has 1 aromatic carbocycles. The zero-order chi connectivity index (χ0) is 15.3. The second kappa shape index (κ2) is 7.53. The van der Waals surface area contributed by atoms with Gasteiger partial charge in [0.25, 0.3) is 0 Å². The Hall–Kier alpha value is -1.23. The van der Waals surface area contributed by atoms with Crippen molar-refractivity contribution in [3.05, 3.63) is 28.2 Å². The van der Waals surface area contributed by atoms with Gasteiger partial charge in [0.15, 0.2) is 5.84 Å². The highest BCUT2D eigenvalue weighted by Crippen LogP contribution is 2.25. The van der Waals surface area contributed by atoms with E-state index < -0.39 is 0 Å². The van der Waals surface area contributed by atoms with Gasteiger partial charge in [-0.3, -0.25) is 0 Å². The van der Waals surface area contributed by atoms with Crippen LogP contribution in [0.5, 0.6) is 0 Å².